The summed E-state index contributed by atoms with van der Waals surface area (Å²) in [5.74, 6) is -0.0928. The maximum Gasteiger partial charge on any atom is 0.364 e. The average molecular weight is 925 g/mol. The quantitative estimate of drug-likeness (QED) is 0.0500. The van der Waals surface area contributed by atoms with Crippen molar-refractivity contribution in [3.05, 3.63) is 149 Å². The third-order valence-electron chi connectivity index (χ3n) is 10.3. The maximum absolute atomic E-state index is 13.0. The lowest BCUT2D eigenvalue weighted by Gasteiger charge is -2.18. The van der Waals surface area contributed by atoms with E-state index in [4.69, 9.17) is 28.8 Å². The van der Waals surface area contributed by atoms with Gasteiger partial charge in [0.1, 0.15) is 54.8 Å². The molecule has 9 rings (SSSR count). The summed E-state index contributed by atoms with van der Waals surface area (Å²) in [7, 11) is 0. The first-order valence-corrected chi connectivity index (χ1v) is 21.1. The number of aliphatic hydroxyl groups excluding tert-OH is 2. The van der Waals surface area contributed by atoms with Crippen LogP contribution in [0.4, 0.5) is 11.5 Å². The molecule has 0 radical (unpaired) electrons. The van der Waals surface area contributed by atoms with Crippen molar-refractivity contribution in [3.63, 3.8) is 0 Å². The van der Waals surface area contributed by atoms with Gasteiger partial charge in [-0.15, -0.1) is 0 Å². The molecule has 1 saturated heterocycles. The van der Waals surface area contributed by atoms with E-state index in [2.05, 4.69) is 35.5 Å². The van der Waals surface area contributed by atoms with E-state index in [9.17, 15) is 24.8 Å². The number of fused-ring (bicyclic) bond motifs is 2. The van der Waals surface area contributed by atoms with Crippen LogP contribution < -0.4 is 19.5 Å². The molecule has 0 saturated carbocycles. The number of nitrogens with zero attached hydrogens (tertiary/aromatic N) is 9. The minimum absolute atomic E-state index is 0.0630. The second-order valence-corrected chi connectivity index (χ2v) is 15.7. The molecule has 3 N–H and O–H groups in total. The maximum atomic E-state index is 13.0. The fraction of sp³-hybridized carbons (Fsp3) is 0.234. The molecule has 1 amide bonds. The van der Waals surface area contributed by atoms with Crippen molar-refractivity contribution in [1.29, 1.82) is 0 Å². The number of para-hydroxylation sites is 2. The number of aromatic nitrogens is 8. The van der Waals surface area contributed by atoms with Gasteiger partial charge in [-0.3, -0.25) is 14.9 Å². The molecule has 21 heteroatoms. The molecule has 0 spiro atoms. The highest BCUT2D eigenvalue weighted by atomic mass is 16.7. The number of hydrogen-bond acceptors (Lipinski definition) is 17. The van der Waals surface area contributed by atoms with Crippen molar-refractivity contribution in [2.45, 2.75) is 45.7 Å². The van der Waals surface area contributed by atoms with Gasteiger partial charge < -0.3 is 39.2 Å². The molecule has 1 aliphatic heterocycles. The topological polar surface area (TPSA) is 262 Å². The van der Waals surface area contributed by atoms with Crippen LogP contribution in [0, 0.1) is 24.0 Å². The first-order chi connectivity index (χ1) is 32.8. The van der Waals surface area contributed by atoms with Gasteiger partial charge in [0.2, 0.25) is 0 Å². The number of amides is 1. The summed E-state index contributed by atoms with van der Waals surface area (Å²) in [5, 5.41) is 41.5. The van der Waals surface area contributed by atoms with Crippen molar-refractivity contribution in [1.82, 2.24) is 39.2 Å². The third-order valence-corrected chi connectivity index (χ3v) is 10.3. The smallest absolute Gasteiger partial charge is 0.364 e. The molecule has 8 aromatic rings. The molecule has 6 heterocycles. The number of benzene rings is 3. The van der Waals surface area contributed by atoms with Crippen LogP contribution in [0.15, 0.2) is 116 Å². The van der Waals surface area contributed by atoms with Gasteiger partial charge >= 0.3 is 5.97 Å². The summed E-state index contributed by atoms with van der Waals surface area (Å²) in [4.78, 5) is 53.0. The number of nitrogens with one attached hydrogen (secondary N) is 1. The van der Waals surface area contributed by atoms with Crippen LogP contribution in [0.25, 0.3) is 33.8 Å². The highest BCUT2D eigenvalue weighted by Gasteiger charge is 2.33. The van der Waals surface area contributed by atoms with Crippen LogP contribution in [0.1, 0.15) is 46.2 Å². The zero-order valence-corrected chi connectivity index (χ0v) is 37.0. The Kier molecular flexibility index (Phi) is 13.7. The number of aliphatic hydroxyl groups is 2. The summed E-state index contributed by atoms with van der Waals surface area (Å²) in [6.45, 7) is 7.42. The van der Waals surface area contributed by atoms with Crippen molar-refractivity contribution in [3.8, 4) is 39.8 Å². The number of anilines is 1. The Morgan fingerprint density at radius 2 is 1.46 bits per heavy atom. The predicted molar refractivity (Wildman–Crippen MR) is 243 cm³/mol. The Bertz CT molecular complexity index is 3110. The van der Waals surface area contributed by atoms with Gasteiger partial charge in [0.05, 0.1) is 40.9 Å². The zero-order valence-electron chi connectivity index (χ0n) is 37.0. The number of carbonyl (C=O) groups is 2. The van der Waals surface area contributed by atoms with E-state index in [1.54, 1.807) is 56.3 Å². The predicted octanol–water partition coefficient (Wildman–Crippen LogP) is 5.84. The van der Waals surface area contributed by atoms with Gasteiger partial charge in [-0.2, -0.15) is 10.2 Å². The molecule has 0 unspecified atom stereocenters. The molecule has 68 heavy (non-hydrogen) atoms. The number of ether oxygens (including phenoxy) is 5. The number of non-ortho nitro benzene ring substituents is 1. The lowest BCUT2D eigenvalue weighted by Crippen LogP contribution is -2.25. The van der Waals surface area contributed by atoms with E-state index in [1.807, 2.05) is 50.2 Å². The van der Waals surface area contributed by atoms with Crippen molar-refractivity contribution in [2.24, 2.45) is 0 Å². The number of carbonyl (C=O) groups excluding carboxylic acids is 2. The van der Waals surface area contributed by atoms with E-state index < -0.39 is 35.3 Å². The highest BCUT2D eigenvalue weighted by molar-refractivity contribution is 6.03. The number of esters is 1. The van der Waals surface area contributed by atoms with E-state index >= 15 is 0 Å². The van der Waals surface area contributed by atoms with Gasteiger partial charge in [-0.1, -0.05) is 24.3 Å². The molecular weight excluding hydrogens is 881 g/mol. The summed E-state index contributed by atoms with van der Waals surface area (Å²) >= 11 is 0. The average Bonchev–Trinajstić information content (AvgIpc) is 3.99. The van der Waals surface area contributed by atoms with Crippen molar-refractivity contribution >= 4 is 34.7 Å². The monoisotopic (exact) mass is 924 g/mol. The summed E-state index contributed by atoms with van der Waals surface area (Å²) in [5.41, 5.74) is 4.77. The molecule has 0 bridgehead atoms. The fourth-order valence-electron chi connectivity index (χ4n) is 7.08. The number of nitro benzene ring substituents is 1. The van der Waals surface area contributed by atoms with Crippen molar-refractivity contribution in [2.75, 3.05) is 31.7 Å². The lowest BCUT2D eigenvalue weighted by atomic mass is 10.1. The fourth-order valence-corrected chi connectivity index (χ4v) is 7.08. The molecule has 5 aromatic heterocycles. The molecular formula is C47H44N10O11. The Morgan fingerprint density at radius 1 is 0.853 bits per heavy atom. The Hall–Kier alpha value is -8.24. The molecule has 1 fully saturated rings. The number of rotatable bonds is 14. The van der Waals surface area contributed by atoms with Gasteiger partial charge in [-0.05, 0) is 94.4 Å². The SMILES string of the molecule is Cc1nc2ccc(-c3ccccc3OC[C@@H](O)CO)nn2c1C(=O)Nc1ccncn1.Cc1nc2ccc(-c3ccccc3OC[C@@H]3COC(C)(C)O3)nn2c1C(=O)Oc1ccc([N+](=O)[O-])cc1. The van der Waals surface area contributed by atoms with Gasteiger partial charge in [0, 0.05) is 29.5 Å². The van der Waals surface area contributed by atoms with Gasteiger partial charge in [0.15, 0.2) is 28.5 Å². The summed E-state index contributed by atoms with van der Waals surface area (Å²) in [6, 6.07) is 28.6. The molecule has 2 atom stereocenters. The molecule has 0 aliphatic carbocycles. The third kappa shape index (κ3) is 10.6. The number of nitro groups is 1. The van der Waals surface area contributed by atoms with Gasteiger partial charge in [-0.25, -0.2) is 33.8 Å². The second-order valence-electron chi connectivity index (χ2n) is 15.7. The number of imidazole rings is 2. The van der Waals surface area contributed by atoms with Crippen LogP contribution in [-0.4, -0.2) is 111 Å². The van der Waals surface area contributed by atoms with Crippen molar-refractivity contribution < 1.29 is 48.4 Å². The van der Waals surface area contributed by atoms with Crippen LogP contribution in [0.5, 0.6) is 17.2 Å². The van der Waals surface area contributed by atoms with Crippen LogP contribution >= 0.6 is 0 Å². The molecule has 348 valence electrons. The zero-order chi connectivity index (χ0) is 48.0. The minimum atomic E-state index is -0.989. The van der Waals surface area contributed by atoms with E-state index in [1.165, 1.54) is 45.8 Å². The standard InChI is InChI=1S/C26H24N4O7.C21H20N6O4/c1-16-24(25(31)36-18-10-8-17(9-11-18)30(32)33)29-23(27-16)13-12-21(28-29)20-6-4-5-7-22(20)34-14-19-15-35-26(2,3)37-19;1-13-20(21(30)25-18-8-9-22-12-23-18)27-19(24-13)7-6-16(26-27)15-4-2-3-5-17(15)31-11-14(29)10-28/h4-13,19H,14-15H2,1-3H3;2-9,12,14,28-29H,10-11H2,1H3,(H,22,23,25,30)/t19-;14-/m10/s1. The molecule has 1 aliphatic rings. The minimum Gasteiger partial charge on any atom is -0.490 e. The summed E-state index contributed by atoms with van der Waals surface area (Å²) < 4.78 is 31.5. The number of aryl methyl sites for hydroxylation is 2. The first kappa shape index (κ1) is 46.3. The first-order valence-electron chi connectivity index (χ1n) is 21.1. The number of hydrogen-bond donors (Lipinski definition) is 3. The van der Waals surface area contributed by atoms with Gasteiger partial charge in [0.25, 0.3) is 11.6 Å². The highest BCUT2D eigenvalue weighted by Crippen LogP contribution is 2.32. The molecule has 21 nitrogen and oxygen atoms in total. The Labute approximate surface area is 387 Å². The second kappa shape index (κ2) is 20.1. The Morgan fingerprint density at radius 3 is 2.03 bits per heavy atom. The Balaban J connectivity index is 0.000000187. The van der Waals surface area contributed by atoms with E-state index in [0.717, 1.165) is 5.56 Å². The largest absolute Gasteiger partial charge is 0.490 e. The van der Waals surface area contributed by atoms with E-state index in [-0.39, 0.29) is 35.5 Å². The van der Waals surface area contributed by atoms with Crippen LogP contribution in [-0.2, 0) is 9.47 Å². The molecule has 3 aromatic carbocycles. The lowest BCUT2D eigenvalue weighted by molar-refractivity contribution is -0.384. The van der Waals surface area contributed by atoms with Crippen LogP contribution in [0.2, 0.25) is 0 Å². The normalized spacial score (nSPS) is 14.5. The summed E-state index contributed by atoms with van der Waals surface area (Å²) in [6.07, 6.45) is 1.69. The van der Waals surface area contributed by atoms with E-state index in [0.29, 0.717) is 70.2 Å². The van der Waals surface area contributed by atoms with Crippen LogP contribution in [0.3, 0.4) is 0 Å².